The first kappa shape index (κ1) is 16.2. The van der Waals surface area contributed by atoms with Gasteiger partial charge in [-0.25, -0.2) is 0 Å². The van der Waals surface area contributed by atoms with Gasteiger partial charge in [0.2, 0.25) is 5.91 Å². The Morgan fingerprint density at radius 3 is 2.60 bits per heavy atom. The fourth-order valence-electron chi connectivity index (χ4n) is 3.70. The standard InChI is InChI=1S/C16H30N2OS/c1-4-7-14-16(19)18(15(17-14)8-5-2)12-9-10-13(11-12)20-6-3/h12-15,17H,4-11H2,1-3H3. The van der Waals surface area contributed by atoms with Crippen molar-refractivity contribution in [1.29, 1.82) is 0 Å². The largest absolute Gasteiger partial charge is 0.323 e. The maximum Gasteiger partial charge on any atom is 0.241 e. The Kier molecular flexibility index (Phi) is 6.21. The molecule has 1 saturated carbocycles. The predicted octanol–water partition coefficient (Wildman–Crippen LogP) is 3.39. The van der Waals surface area contributed by atoms with E-state index in [1.165, 1.54) is 25.0 Å². The summed E-state index contributed by atoms with van der Waals surface area (Å²) in [5.74, 6) is 1.57. The van der Waals surface area contributed by atoms with Crippen molar-refractivity contribution < 1.29 is 4.79 Å². The quantitative estimate of drug-likeness (QED) is 0.782. The van der Waals surface area contributed by atoms with Crippen LogP contribution in [0.5, 0.6) is 0 Å². The summed E-state index contributed by atoms with van der Waals surface area (Å²) < 4.78 is 0. The van der Waals surface area contributed by atoms with Crippen molar-refractivity contribution in [3.8, 4) is 0 Å². The molecule has 20 heavy (non-hydrogen) atoms. The number of thioether (sulfide) groups is 1. The Hall–Kier alpha value is -0.220. The van der Waals surface area contributed by atoms with Crippen LogP contribution in [-0.4, -0.2) is 40.1 Å². The van der Waals surface area contributed by atoms with Crippen LogP contribution in [0.3, 0.4) is 0 Å². The van der Waals surface area contributed by atoms with Crippen LogP contribution in [0.25, 0.3) is 0 Å². The van der Waals surface area contributed by atoms with Crippen LogP contribution in [-0.2, 0) is 4.79 Å². The molecule has 2 aliphatic rings. The van der Waals surface area contributed by atoms with Crippen molar-refractivity contribution in [3.63, 3.8) is 0 Å². The minimum absolute atomic E-state index is 0.0782. The highest BCUT2D eigenvalue weighted by molar-refractivity contribution is 7.99. The van der Waals surface area contributed by atoms with E-state index in [0.29, 0.717) is 18.1 Å². The van der Waals surface area contributed by atoms with Gasteiger partial charge in [-0.15, -0.1) is 0 Å². The predicted molar refractivity (Wildman–Crippen MR) is 86.9 cm³/mol. The summed E-state index contributed by atoms with van der Waals surface area (Å²) in [4.78, 5) is 14.9. The van der Waals surface area contributed by atoms with E-state index in [1.807, 2.05) is 0 Å². The van der Waals surface area contributed by atoms with Gasteiger partial charge in [0.1, 0.15) is 0 Å². The maximum absolute atomic E-state index is 12.7. The van der Waals surface area contributed by atoms with E-state index in [4.69, 9.17) is 0 Å². The molecular weight excluding hydrogens is 268 g/mol. The normalized spacial score (nSPS) is 34.1. The van der Waals surface area contributed by atoms with Crippen LogP contribution >= 0.6 is 11.8 Å². The maximum atomic E-state index is 12.7. The summed E-state index contributed by atoms with van der Waals surface area (Å²) in [6.45, 7) is 6.61. The number of amides is 1. The third-order valence-electron chi connectivity index (χ3n) is 4.57. The van der Waals surface area contributed by atoms with Gasteiger partial charge >= 0.3 is 0 Å². The molecule has 1 N–H and O–H groups in total. The SMILES string of the molecule is CCCC1NC(CCC)N(C2CCC(SCC)C2)C1=O. The number of hydrogen-bond acceptors (Lipinski definition) is 3. The highest BCUT2D eigenvalue weighted by atomic mass is 32.2. The molecule has 1 aliphatic carbocycles. The van der Waals surface area contributed by atoms with Crippen LogP contribution < -0.4 is 5.32 Å². The molecule has 1 heterocycles. The van der Waals surface area contributed by atoms with Crippen LogP contribution in [0.15, 0.2) is 0 Å². The first-order valence-corrected chi connectivity index (χ1v) is 9.45. The van der Waals surface area contributed by atoms with E-state index in [1.54, 1.807) is 0 Å². The van der Waals surface area contributed by atoms with Crippen molar-refractivity contribution in [2.45, 2.75) is 89.2 Å². The second-order valence-electron chi connectivity index (χ2n) is 6.10. The zero-order valence-electron chi connectivity index (χ0n) is 13.2. The molecule has 1 aliphatic heterocycles. The van der Waals surface area contributed by atoms with Gasteiger partial charge in [-0.1, -0.05) is 33.6 Å². The number of nitrogens with one attached hydrogen (secondary N) is 1. The molecule has 3 nitrogen and oxygen atoms in total. The second-order valence-corrected chi connectivity index (χ2v) is 7.68. The number of hydrogen-bond donors (Lipinski definition) is 1. The molecule has 1 saturated heterocycles. The number of nitrogens with zero attached hydrogens (tertiary/aromatic N) is 1. The zero-order valence-corrected chi connectivity index (χ0v) is 14.0. The fraction of sp³-hybridized carbons (Fsp3) is 0.938. The summed E-state index contributed by atoms with van der Waals surface area (Å²) in [5, 5.41) is 4.35. The molecule has 116 valence electrons. The van der Waals surface area contributed by atoms with Crippen molar-refractivity contribution in [3.05, 3.63) is 0 Å². The molecule has 4 unspecified atom stereocenters. The van der Waals surface area contributed by atoms with Gasteiger partial charge in [0.05, 0.1) is 12.2 Å². The molecule has 2 rings (SSSR count). The molecule has 0 aromatic carbocycles. The minimum atomic E-state index is 0.0782. The third kappa shape index (κ3) is 3.51. The molecule has 1 amide bonds. The highest BCUT2D eigenvalue weighted by Crippen LogP contribution is 2.35. The van der Waals surface area contributed by atoms with Crippen LogP contribution in [0.2, 0.25) is 0 Å². The molecule has 0 aromatic heterocycles. The second kappa shape index (κ2) is 7.69. The molecule has 0 aromatic rings. The van der Waals surface area contributed by atoms with Crippen molar-refractivity contribution in [1.82, 2.24) is 10.2 Å². The van der Waals surface area contributed by atoms with Crippen LogP contribution in [0.1, 0.15) is 65.7 Å². The summed E-state index contributed by atoms with van der Waals surface area (Å²) in [6.07, 6.45) is 8.26. The monoisotopic (exact) mass is 298 g/mol. The lowest BCUT2D eigenvalue weighted by molar-refractivity contribution is -0.132. The van der Waals surface area contributed by atoms with Gasteiger partial charge in [0, 0.05) is 11.3 Å². The first-order chi connectivity index (χ1) is 9.71. The third-order valence-corrected chi connectivity index (χ3v) is 5.81. The van der Waals surface area contributed by atoms with E-state index < -0.39 is 0 Å². The Balaban J connectivity index is 2.01. The molecular formula is C16H30N2OS. The van der Waals surface area contributed by atoms with Gasteiger partial charge in [-0.05, 0) is 37.9 Å². The molecule has 4 atom stereocenters. The molecule has 2 fully saturated rings. The van der Waals surface area contributed by atoms with Crippen molar-refractivity contribution in [2.24, 2.45) is 0 Å². The summed E-state index contributed by atoms with van der Waals surface area (Å²) in [6, 6.07) is 0.562. The molecule has 0 bridgehead atoms. The summed E-state index contributed by atoms with van der Waals surface area (Å²) in [5.41, 5.74) is 0. The fourth-order valence-corrected chi connectivity index (χ4v) is 4.83. The minimum Gasteiger partial charge on any atom is -0.323 e. The van der Waals surface area contributed by atoms with Gasteiger partial charge < -0.3 is 4.90 Å². The topological polar surface area (TPSA) is 32.3 Å². The van der Waals surface area contributed by atoms with E-state index in [9.17, 15) is 4.79 Å². The highest BCUT2D eigenvalue weighted by Gasteiger charge is 2.43. The Morgan fingerprint density at radius 1 is 1.20 bits per heavy atom. The Bertz CT molecular complexity index is 324. The molecule has 4 heteroatoms. The Labute approximate surface area is 128 Å². The zero-order chi connectivity index (χ0) is 14.5. The van der Waals surface area contributed by atoms with Crippen molar-refractivity contribution >= 4 is 17.7 Å². The summed E-state index contributed by atoms with van der Waals surface area (Å²) >= 11 is 2.07. The van der Waals surface area contributed by atoms with Crippen LogP contribution in [0.4, 0.5) is 0 Å². The van der Waals surface area contributed by atoms with Gasteiger partial charge in [-0.3, -0.25) is 10.1 Å². The van der Waals surface area contributed by atoms with Gasteiger partial charge in [-0.2, -0.15) is 11.8 Å². The van der Waals surface area contributed by atoms with Gasteiger partial charge in [0.15, 0.2) is 0 Å². The van der Waals surface area contributed by atoms with Crippen molar-refractivity contribution in [2.75, 3.05) is 5.75 Å². The first-order valence-electron chi connectivity index (χ1n) is 8.41. The lowest BCUT2D eigenvalue weighted by atomic mass is 10.1. The van der Waals surface area contributed by atoms with E-state index in [-0.39, 0.29) is 6.04 Å². The molecule has 0 radical (unpaired) electrons. The number of rotatable bonds is 7. The summed E-state index contributed by atoms with van der Waals surface area (Å²) in [7, 11) is 0. The van der Waals surface area contributed by atoms with Gasteiger partial charge in [0.25, 0.3) is 0 Å². The average molecular weight is 298 g/mol. The number of carbonyl (C=O) groups excluding carboxylic acids is 1. The van der Waals surface area contributed by atoms with E-state index in [0.717, 1.165) is 30.9 Å². The van der Waals surface area contributed by atoms with Crippen LogP contribution in [0, 0.1) is 0 Å². The average Bonchev–Trinajstić information content (AvgIpc) is 2.97. The lowest BCUT2D eigenvalue weighted by Gasteiger charge is -2.30. The Morgan fingerprint density at radius 2 is 1.95 bits per heavy atom. The number of carbonyl (C=O) groups is 1. The van der Waals surface area contributed by atoms with E-state index >= 15 is 0 Å². The molecule has 0 spiro atoms. The van der Waals surface area contributed by atoms with E-state index in [2.05, 4.69) is 42.7 Å². The smallest absolute Gasteiger partial charge is 0.241 e. The lowest BCUT2D eigenvalue weighted by Crippen LogP contribution is -2.43.